The third-order valence-corrected chi connectivity index (χ3v) is 4.88. The average Bonchev–Trinajstić information content (AvgIpc) is 3.16. The first kappa shape index (κ1) is 17.2. The lowest BCUT2D eigenvalue weighted by atomic mass is 10.1. The summed E-state index contributed by atoms with van der Waals surface area (Å²) in [5, 5.41) is 8.93. The summed E-state index contributed by atoms with van der Waals surface area (Å²) in [4.78, 5) is 25.2. The Morgan fingerprint density at radius 3 is 2.64 bits per heavy atom. The molecule has 1 aliphatic rings. The number of amides is 1. The summed E-state index contributed by atoms with van der Waals surface area (Å²) >= 11 is 6.41. The Hall–Kier alpha value is -2.64. The van der Waals surface area contributed by atoms with Crippen molar-refractivity contribution in [1.82, 2.24) is 4.90 Å². The predicted octanol–water partition coefficient (Wildman–Crippen LogP) is 4.03. The van der Waals surface area contributed by atoms with Crippen molar-refractivity contribution in [2.45, 2.75) is 0 Å². The van der Waals surface area contributed by atoms with Crippen LogP contribution < -0.4 is 0 Å². The van der Waals surface area contributed by atoms with Crippen LogP contribution >= 0.6 is 24.0 Å². The fourth-order valence-electron chi connectivity index (χ4n) is 2.28. The molecule has 0 atom stereocenters. The lowest BCUT2D eigenvalue weighted by Crippen LogP contribution is -2.27. The van der Waals surface area contributed by atoms with Gasteiger partial charge in [-0.05, 0) is 24.3 Å². The van der Waals surface area contributed by atoms with E-state index in [2.05, 4.69) is 6.58 Å². The number of thioether (sulfide) groups is 1. The molecule has 2 heterocycles. The summed E-state index contributed by atoms with van der Waals surface area (Å²) in [6.45, 7) is 3.99. The number of hydrogen-bond acceptors (Lipinski definition) is 5. The molecular weight excluding hydrogens is 358 g/mol. The van der Waals surface area contributed by atoms with Crippen molar-refractivity contribution in [3.63, 3.8) is 0 Å². The van der Waals surface area contributed by atoms with Gasteiger partial charge in [0.1, 0.15) is 15.8 Å². The number of hydrogen-bond donors (Lipinski definition) is 1. The number of nitrogens with zero attached hydrogens (tertiary/aromatic N) is 1. The predicted molar refractivity (Wildman–Crippen MR) is 101 cm³/mol. The second-order valence-corrected chi connectivity index (χ2v) is 6.84. The Kier molecular flexibility index (Phi) is 4.87. The summed E-state index contributed by atoms with van der Waals surface area (Å²) in [6, 6.07) is 9.90. The molecule has 0 radical (unpaired) electrons. The van der Waals surface area contributed by atoms with Gasteiger partial charge in [0.05, 0.1) is 10.5 Å². The van der Waals surface area contributed by atoms with E-state index in [4.69, 9.17) is 21.7 Å². The molecule has 0 spiro atoms. The van der Waals surface area contributed by atoms with Crippen molar-refractivity contribution in [2.75, 3.05) is 6.54 Å². The molecule has 0 saturated carbocycles. The van der Waals surface area contributed by atoms with Crippen molar-refractivity contribution in [3.05, 3.63) is 65.3 Å². The fourth-order valence-corrected chi connectivity index (χ4v) is 3.53. The largest absolute Gasteiger partial charge is 0.478 e. The maximum atomic E-state index is 12.3. The molecular formula is C18H13NO4S2. The summed E-state index contributed by atoms with van der Waals surface area (Å²) in [5.41, 5.74) is 0.963. The first-order valence-corrected chi connectivity index (χ1v) is 8.52. The van der Waals surface area contributed by atoms with Gasteiger partial charge in [0.25, 0.3) is 5.91 Å². The number of thiocarbonyl (C=S) groups is 1. The quantitative estimate of drug-likeness (QED) is 0.486. The van der Waals surface area contributed by atoms with E-state index < -0.39 is 5.97 Å². The van der Waals surface area contributed by atoms with Crippen LogP contribution in [0, 0.1) is 0 Å². The van der Waals surface area contributed by atoms with Crippen molar-refractivity contribution in [3.8, 4) is 11.3 Å². The number of carbonyl (C=O) groups is 2. The smallest absolute Gasteiger partial charge is 0.335 e. The lowest BCUT2D eigenvalue weighted by Gasteiger charge is -2.10. The van der Waals surface area contributed by atoms with Crippen LogP contribution in [0.4, 0.5) is 0 Å². The van der Waals surface area contributed by atoms with Crippen molar-refractivity contribution in [1.29, 1.82) is 0 Å². The average molecular weight is 371 g/mol. The van der Waals surface area contributed by atoms with Gasteiger partial charge in [0, 0.05) is 18.2 Å². The molecule has 25 heavy (non-hydrogen) atoms. The number of furan rings is 1. The van der Waals surface area contributed by atoms with E-state index in [9.17, 15) is 9.59 Å². The SMILES string of the molecule is C=CCN1C(=O)C(=Cc2ccc(-c3ccc(C(=O)O)cc3)o2)SC1=S. The van der Waals surface area contributed by atoms with Gasteiger partial charge in [-0.3, -0.25) is 9.69 Å². The van der Waals surface area contributed by atoms with Crippen LogP contribution in [0.1, 0.15) is 16.1 Å². The van der Waals surface area contributed by atoms with Crippen LogP contribution in [0.15, 0.2) is 58.4 Å². The standard InChI is InChI=1S/C18H13NO4S2/c1-2-9-19-16(20)15(25-18(19)24)10-13-7-8-14(23-13)11-3-5-12(6-4-11)17(21)22/h2-8,10H,1,9H2,(H,21,22). The van der Waals surface area contributed by atoms with Gasteiger partial charge in [-0.15, -0.1) is 6.58 Å². The lowest BCUT2D eigenvalue weighted by molar-refractivity contribution is -0.121. The third kappa shape index (κ3) is 3.57. The molecule has 0 bridgehead atoms. The molecule has 1 aliphatic heterocycles. The number of aromatic carboxylic acids is 1. The molecule has 5 nitrogen and oxygen atoms in total. The van der Waals surface area contributed by atoms with E-state index >= 15 is 0 Å². The maximum Gasteiger partial charge on any atom is 0.335 e. The molecule has 126 valence electrons. The van der Waals surface area contributed by atoms with Gasteiger partial charge in [-0.25, -0.2) is 4.79 Å². The zero-order valence-electron chi connectivity index (χ0n) is 13.0. The maximum absolute atomic E-state index is 12.3. The molecule has 2 aromatic rings. The highest BCUT2D eigenvalue weighted by molar-refractivity contribution is 8.26. The Bertz CT molecular complexity index is 896. The highest BCUT2D eigenvalue weighted by Gasteiger charge is 2.31. The molecule has 7 heteroatoms. The van der Waals surface area contributed by atoms with Gasteiger partial charge in [-0.1, -0.05) is 42.2 Å². The minimum atomic E-state index is -0.978. The van der Waals surface area contributed by atoms with Crippen molar-refractivity contribution >= 4 is 46.3 Å². The minimum absolute atomic E-state index is 0.168. The molecule has 1 aromatic heterocycles. The normalized spacial score (nSPS) is 15.8. The molecule has 1 fully saturated rings. The highest BCUT2D eigenvalue weighted by Crippen LogP contribution is 2.33. The second kappa shape index (κ2) is 7.08. The van der Waals surface area contributed by atoms with Gasteiger partial charge < -0.3 is 9.52 Å². The van der Waals surface area contributed by atoms with Crippen molar-refractivity contribution < 1.29 is 19.1 Å². The summed E-state index contributed by atoms with van der Waals surface area (Å²) in [6.07, 6.45) is 3.27. The second-order valence-electron chi connectivity index (χ2n) is 5.17. The molecule has 1 aromatic carbocycles. The zero-order chi connectivity index (χ0) is 18.0. The first-order chi connectivity index (χ1) is 12.0. The van der Waals surface area contributed by atoms with Crippen LogP contribution in [-0.4, -0.2) is 32.7 Å². The zero-order valence-corrected chi connectivity index (χ0v) is 14.6. The van der Waals surface area contributed by atoms with Crippen LogP contribution in [0.5, 0.6) is 0 Å². The van der Waals surface area contributed by atoms with Crippen LogP contribution in [0.2, 0.25) is 0 Å². The molecule has 1 saturated heterocycles. The van der Waals surface area contributed by atoms with E-state index in [1.807, 2.05) is 0 Å². The third-order valence-electron chi connectivity index (χ3n) is 3.50. The summed E-state index contributed by atoms with van der Waals surface area (Å²) in [5.74, 6) is -0.0342. The number of rotatable bonds is 5. The van der Waals surface area contributed by atoms with Crippen LogP contribution in [-0.2, 0) is 4.79 Å². The Morgan fingerprint density at radius 1 is 1.28 bits per heavy atom. The van der Waals surface area contributed by atoms with Gasteiger partial charge in [-0.2, -0.15) is 0 Å². The van der Waals surface area contributed by atoms with E-state index in [1.165, 1.54) is 28.8 Å². The number of carboxylic acids is 1. The Balaban J connectivity index is 1.82. The topological polar surface area (TPSA) is 70.8 Å². The molecule has 0 unspecified atom stereocenters. The highest BCUT2D eigenvalue weighted by atomic mass is 32.2. The molecule has 1 N–H and O–H groups in total. The molecule has 3 rings (SSSR count). The van der Waals surface area contributed by atoms with E-state index in [-0.39, 0.29) is 11.5 Å². The van der Waals surface area contributed by atoms with E-state index in [0.717, 1.165) is 5.56 Å². The number of benzene rings is 1. The fraction of sp³-hybridized carbons (Fsp3) is 0.0556. The monoisotopic (exact) mass is 371 g/mol. The van der Waals surface area contributed by atoms with E-state index in [1.54, 1.807) is 36.4 Å². The summed E-state index contributed by atoms with van der Waals surface area (Å²) < 4.78 is 6.23. The van der Waals surface area contributed by atoms with Gasteiger partial charge in [0.2, 0.25) is 0 Å². The van der Waals surface area contributed by atoms with Crippen molar-refractivity contribution in [2.24, 2.45) is 0 Å². The minimum Gasteiger partial charge on any atom is -0.478 e. The van der Waals surface area contributed by atoms with Crippen LogP contribution in [0.3, 0.4) is 0 Å². The van der Waals surface area contributed by atoms with Gasteiger partial charge in [0.15, 0.2) is 0 Å². The van der Waals surface area contributed by atoms with Crippen LogP contribution in [0.25, 0.3) is 17.4 Å². The number of carboxylic acid groups (broad SMARTS) is 1. The molecule has 1 amide bonds. The first-order valence-electron chi connectivity index (χ1n) is 7.29. The molecule has 0 aliphatic carbocycles. The summed E-state index contributed by atoms with van der Waals surface area (Å²) in [7, 11) is 0. The Labute approximate surface area is 153 Å². The van der Waals surface area contributed by atoms with E-state index in [0.29, 0.717) is 27.3 Å². The van der Waals surface area contributed by atoms with Gasteiger partial charge >= 0.3 is 5.97 Å². The number of carbonyl (C=O) groups excluding carboxylic acids is 1. The Morgan fingerprint density at radius 2 is 2.00 bits per heavy atom.